The molecule has 0 amide bonds. The summed E-state index contributed by atoms with van der Waals surface area (Å²) in [4.78, 5) is 13.2. The summed E-state index contributed by atoms with van der Waals surface area (Å²) < 4.78 is 5.26. The highest BCUT2D eigenvalue weighted by atomic mass is 16.5. The molecule has 1 fully saturated rings. The molecule has 1 saturated heterocycles. The van der Waals surface area contributed by atoms with Crippen LogP contribution in [0.1, 0.15) is 15.9 Å². The van der Waals surface area contributed by atoms with Crippen LogP contribution in [0, 0.1) is 5.41 Å². The average molecular weight is 249 g/mol. The van der Waals surface area contributed by atoms with E-state index < -0.39 is 5.97 Å². The topological polar surface area (TPSA) is 99.6 Å². The molecule has 1 aromatic carbocycles. The fourth-order valence-electron chi connectivity index (χ4n) is 2.07. The van der Waals surface area contributed by atoms with Crippen LogP contribution in [0.3, 0.4) is 0 Å². The molecule has 0 aliphatic carbocycles. The Kier molecular flexibility index (Phi) is 3.47. The zero-order valence-electron chi connectivity index (χ0n) is 9.85. The van der Waals surface area contributed by atoms with Gasteiger partial charge in [0.2, 0.25) is 0 Å². The molecule has 0 saturated carbocycles. The van der Waals surface area contributed by atoms with Crippen molar-refractivity contribution in [2.24, 2.45) is 5.73 Å². The van der Waals surface area contributed by atoms with Crippen molar-refractivity contribution in [2.45, 2.75) is 0 Å². The number of rotatable bonds is 3. The molecular weight excluding hydrogens is 234 g/mol. The zero-order chi connectivity index (χ0) is 13.1. The Labute approximate surface area is 104 Å². The number of carboxylic acids is 1. The van der Waals surface area contributed by atoms with Gasteiger partial charge in [-0.3, -0.25) is 5.41 Å². The van der Waals surface area contributed by atoms with E-state index >= 15 is 0 Å². The molecule has 2 rings (SSSR count). The maximum atomic E-state index is 11.2. The Hall–Kier alpha value is -2.08. The van der Waals surface area contributed by atoms with Gasteiger partial charge >= 0.3 is 5.97 Å². The Morgan fingerprint density at radius 2 is 2.06 bits per heavy atom. The van der Waals surface area contributed by atoms with Gasteiger partial charge in [-0.2, -0.15) is 0 Å². The maximum absolute atomic E-state index is 11.2. The van der Waals surface area contributed by atoms with Crippen LogP contribution in [0.2, 0.25) is 0 Å². The van der Waals surface area contributed by atoms with Gasteiger partial charge in [0.25, 0.3) is 0 Å². The highest BCUT2D eigenvalue weighted by Gasteiger charge is 2.21. The van der Waals surface area contributed by atoms with E-state index in [0.717, 1.165) is 0 Å². The second kappa shape index (κ2) is 5.05. The summed E-state index contributed by atoms with van der Waals surface area (Å²) in [6.45, 7) is 2.52. The molecule has 0 atom stereocenters. The number of amidine groups is 1. The first-order valence-electron chi connectivity index (χ1n) is 5.64. The molecule has 0 bridgehead atoms. The largest absolute Gasteiger partial charge is 0.478 e. The van der Waals surface area contributed by atoms with Gasteiger partial charge in [-0.05, 0) is 12.1 Å². The van der Waals surface area contributed by atoms with Gasteiger partial charge < -0.3 is 20.5 Å². The lowest BCUT2D eigenvalue weighted by atomic mass is 10.0. The molecule has 0 unspecified atom stereocenters. The van der Waals surface area contributed by atoms with Crippen molar-refractivity contribution in [3.8, 4) is 0 Å². The molecule has 6 heteroatoms. The molecule has 18 heavy (non-hydrogen) atoms. The van der Waals surface area contributed by atoms with Crippen LogP contribution < -0.4 is 10.6 Å². The summed E-state index contributed by atoms with van der Waals surface area (Å²) in [5, 5.41) is 16.7. The molecule has 1 heterocycles. The maximum Gasteiger partial charge on any atom is 0.336 e. The Bertz CT molecular complexity index is 481. The summed E-state index contributed by atoms with van der Waals surface area (Å²) in [5.74, 6) is -1.30. The lowest BCUT2D eigenvalue weighted by molar-refractivity contribution is 0.0696. The van der Waals surface area contributed by atoms with Crippen molar-refractivity contribution < 1.29 is 14.6 Å². The van der Waals surface area contributed by atoms with Crippen LogP contribution in [-0.4, -0.2) is 43.2 Å². The van der Waals surface area contributed by atoms with E-state index in [0.29, 0.717) is 32.0 Å². The molecule has 96 valence electrons. The van der Waals surface area contributed by atoms with Crippen LogP contribution in [0.4, 0.5) is 5.69 Å². The summed E-state index contributed by atoms with van der Waals surface area (Å²) in [6, 6.07) is 4.91. The van der Waals surface area contributed by atoms with Gasteiger partial charge in [0, 0.05) is 18.8 Å². The highest BCUT2D eigenvalue weighted by Crippen LogP contribution is 2.24. The van der Waals surface area contributed by atoms with Gasteiger partial charge in [-0.25, -0.2) is 4.79 Å². The minimum Gasteiger partial charge on any atom is -0.478 e. The van der Waals surface area contributed by atoms with Gasteiger partial charge in [0.05, 0.1) is 24.3 Å². The molecular formula is C12H15N3O3. The van der Waals surface area contributed by atoms with Gasteiger partial charge in [0.15, 0.2) is 0 Å². The molecule has 1 aliphatic rings. The van der Waals surface area contributed by atoms with Crippen LogP contribution in [0.25, 0.3) is 0 Å². The van der Waals surface area contributed by atoms with E-state index in [9.17, 15) is 4.79 Å². The fraction of sp³-hybridized carbons (Fsp3) is 0.333. The van der Waals surface area contributed by atoms with E-state index in [2.05, 4.69) is 0 Å². The number of anilines is 1. The zero-order valence-corrected chi connectivity index (χ0v) is 9.85. The average Bonchev–Trinajstić information content (AvgIpc) is 2.38. The second-order valence-corrected chi connectivity index (χ2v) is 4.02. The predicted octanol–water partition coefficient (Wildman–Crippen LogP) is 0.505. The van der Waals surface area contributed by atoms with Gasteiger partial charge in [-0.1, -0.05) is 6.07 Å². The van der Waals surface area contributed by atoms with Gasteiger partial charge in [-0.15, -0.1) is 0 Å². The number of hydrogen-bond donors (Lipinski definition) is 3. The quantitative estimate of drug-likeness (QED) is 0.535. The smallest absolute Gasteiger partial charge is 0.336 e. The highest BCUT2D eigenvalue weighted by molar-refractivity contribution is 6.09. The third-order valence-corrected chi connectivity index (χ3v) is 2.89. The standard InChI is InChI=1S/C12H15N3O3/c13-11(14)10-8(12(16)17)2-1-3-9(10)15-4-6-18-7-5-15/h1-3H,4-7H2,(H3,13,14)(H,16,17). The number of benzene rings is 1. The van der Waals surface area contributed by atoms with Crippen molar-refractivity contribution in [3.63, 3.8) is 0 Å². The molecule has 0 aromatic heterocycles. The molecule has 4 N–H and O–H groups in total. The number of morpholine rings is 1. The van der Waals surface area contributed by atoms with Crippen LogP contribution in [0.5, 0.6) is 0 Å². The van der Waals surface area contributed by atoms with Gasteiger partial charge in [0.1, 0.15) is 5.84 Å². The third-order valence-electron chi connectivity index (χ3n) is 2.89. The lowest BCUT2D eigenvalue weighted by Crippen LogP contribution is -2.38. The Morgan fingerprint density at radius 1 is 1.39 bits per heavy atom. The molecule has 0 spiro atoms. The summed E-state index contributed by atoms with van der Waals surface area (Å²) in [5.41, 5.74) is 6.55. The minimum absolute atomic E-state index is 0.0616. The molecule has 6 nitrogen and oxygen atoms in total. The first-order valence-corrected chi connectivity index (χ1v) is 5.64. The normalized spacial score (nSPS) is 15.4. The van der Waals surface area contributed by atoms with E-state index in [-0.39, 0.29) is 17.0 Å². The third kappa shape index (κ3) is 2.28. The predicted molar refractivity (Wildman–Crippen MR) is 67.4 cm³/mol. The van der Waals surface area contributed by atoms with Crippen LogP contribution in [-0.2, 0) is 4.74 Å². The summed E-state index contributed by atoms with van der Waals surface area (Å²) >= 11 is 0. The van der Waals surface area contributed by atoms with E-state index in [1.165, 1.54) is 6.07 Å². The Balaban J connectivity index is 2.48. The van der Waals surface area contributed by atoms with Crippen molar-refractivity contribution in [1.29, 1.82) is 5.41 Å². The van der Waals surface area contributed by atoms with Crippen molar-refractivity contribution in [1.82, 2.24) is 0 Å². The number of hydrogen-bond acceptors (Lipinski definition) is 4. The summed E-state index contributed by atoms with van der Waals surface area (Å²) in [6.07, 6.45) is 0. The molecule has 0 radical (unpaired) electrons. The number of carboxylic acid groups (broad SMARTS) is 1. The second-order valence-electron chi connectivity index (χ2n) is 4.02. The minimum atomic E-state index is -1.07. The first-order chi connectivity index (χ1) is 8.61. The number of aromatic carboxylic acids is 1. The van der Waals surface area contributed by atoms with E-state index in [1.807, 2.05) is 4.90 Å². The number of nitrogens with zero attached hydrogens (tertiary/aromatic N) is 1. The number of nitrogens with one attached hydrogen (secondary N) is 1. The van der Waals surface area contributed by atoms with Crippen molar-refractivity contribution in [2.75, 3.05) is 31.2 Å². The van der Waals surface area contributed by atoms with Crippen LogP contribution in [0.15, 0.2) is 18.2 Å². The number of nitrogen functional groups attached to an aromatic ring is 1. The summed E-state index contributed by atoms with van der Waals surface area (Å²) in [7, 11) is 0. The SMILES string of the molecule is N=C(N)c1c(C(=O)O)cccc1N1CCOCC1. The molecule has 1 aromatic rings. The number of ether oxygens (including phenoxy) is 1. The monoisotopic (exact) mass is 249 g/mol. The fourth-order valence-corrected chi connectivity index (χ4v) is 2.07. The lowest BCUT2D eigenvalue weighted by Gasteiger charge is -2.30. The van der Waals surface area contributed by atoms with Crippen LogP contribution >= 0.6 is 0 Å². The first kappa shape index (κ1) is 12.4. The number of carbonyl (C=O) groups is 1. The van der Waals surface area contributed by atoms with Crippen molar-refractivity contribution >= 4 is 17.5 Å². The van der Waals surface area contributed by atoms with Crippen molar-refractivity contribution in [3.05, 3.63) is 29.3 Å². The van der Waals surface area contributed by atoms with E-state index in [1.54, 1.807) is 12.1 Å². The van der Waals surface area contributed by atoms with E-state index in [4.69, 9.17) is 21.0 Å². The number of nitrogens with two attached hydrogens (primary N) is 1. The Morgan fingerprint density at radius 3 is 2.61 bits per heavy atom. The molecule has 1 aliphatic heterocycles.